The van der Waals surface area contributed by atoms with E-state index in [4.69, 9.17) is 0 Å². The van der Waals surface area contributed by atoms with Gasteiger partial charge in [-0.3, -0.25) is 19.9 Å². The van der Waals surface area contributed by atoms with E-state index in [0.717, 1.165) is 22.8 Å². The molecule has 3 aliphatic rings. The maximum Gasteiger partial charge on any atom is 0.335 e. The summed E-state index contributed by atoms with van der Waals surface area (Å²) < 4.78 is 0. The summed E-state index contributed by atoms with van der Waals surface area (Å²) in [5, 5.41) is 2.27. The van der Waals surface area contributed by atoms with Crippen molar-refractivity contribution in [2.45, 2.75) is 38.6 Å². The molecule has 130 valence electrons. The standard InChI is InChI=1S/C19H21N3O3/c1-11-3-2-4-14(7-11)22-18(24)15(17(23)21-19(22)25)10-20-16-9-12-5-6-13(16)8-12/h2-4,7,10,12-13,15-16H,5-6,8-9H2,1H3,(H,21,23,25)/t12-,13-,15-,16+/m0/s1. The summed E-state index contributed by atoms with van der Waals surface area (Å²) in [4.78, 5) is 42.7. The van der Waals surface area contributed by atoms with Crippen molar-refractivity contribution in [3.8, 4) is 0 Å². The van der Waals surface area contributed by atoms with Crippen LogP contribution in [0.4, 0.5) is 10.5 Å². The van der Waals surface area contributed by atoms with Crippen LogP contribution in [0.25, 0.3) is 0 Å². The number of barbiturate groups is 1. The van der Waals surface area contributed by atoms with E-state index >= 15 is 0 Å². The van der Waals surface area contributed by atoms with Gasteiger partial charge in [0.15, 0.2) is 5.92 Å². The Morgan fingerprint density at radius 1 is 1.20 bits per heavy atom. The largest absolute Gasteiger partial charge is 0.335 e. The highest BCUT2D eigenvalue weighted by atomic mass is 16.2. The highest BCUT2D eigenvalue weighted by Crippen LogP contribution is 2.45. The molecule has 4 rings (SSSR count). The summed E-state index contributed by atoms with van der Waals surface area (Å²) in [5.41, 5.74) is 1.40. The third-order valence-electron chi connectivity index (χ3n) is 5.59. The molecule has 0 spiro atoms. The van der Waals surface area contributed by atoms with Crippen LogP contribution in [0.15, 0.2) is 29.3 Å². The molecule has 4 atom stereocenters. The molecule has 0 unspecified atom stereocenters. The second kappa shape index (κ2) is 6.10. The van der Waals surface area contributed by atoms with E-state index in [2.05, 4.69) is 10.3 Å². The number of imide groups is 2. The van der Waals surface area contributed by atoms with E-state index in [1.54, 1.807) is 18.2 Å². The van der Waals surface area contributed by atoms with Gasteiger partial charge in [-0.25, -0.2) is 9.69 Å². The fourth-order valence-electron chi connectivity index (χ4n) is 4.32. The lowest BCUT2D eigenvalue weighted by molar-refractivity contribution is -0.131. The van der Waals surface area contributed by atoms with E-state index in [1.165, 1.54) is 25.5 Å². The van der Waals surface area contributed by atoms with Gasteiger partial charge in [0.05, 0.1) is 11.7 Å². The summed E-state index contributed by atoms with van der Waals surface area (Å²) in [6.45, 7) is 1.88. The van der Waals surface area contributed by atoms with Crippen LogP contribution in [-0.4, -0.2) is 30.1 Å². The van der Waals surface area contributed by atoms with Gasteiger partial charge in [0.1, 0.15) is 0 Å². The molecule has 1 aliphatic heterocycles. The average Bonchev–Trinajstić information content (AvgIpc) is 3.17. The Hall–Kier alpha value is -2.50. The quantitative estimate of drug-likeness (QED) is 0.678. The zero-order valence-electron chi connectivity index (χ0n) is 14.1. The Morgan fingerprint density at radius 3 is 2.72 bits per heavy atom. The lowest BCUT2D eigenvalue weighted by Gasteiger charge is -2.29. The molecule has 2 bridgehead atoms. The fraction of sp³-hybridized carbons (Fsp3) is 0.474. The number of nitrogens with one attached hydrogen (secondary N) is 1. The average molecular weight is 339 g/mol. The molecule has 4 amide bonds. The molecule has 1 N–H and O–H groups in total. The molecule has 2 aliphatic carbocycles. The Morgan fingerprint density at radius 2 is 2.04 bits per heavy atom. The maximum absolute atomic E-state index is 12.8. The number of aliphatic imine (C=N–C) groups is 1. The van der Waals surface area contributed by atoms with Gasteiger partial charge in [0.2, 0.25) is 5.91 Å². The molecule has 3 fully saturated rings. The number of aryl methyl sites for hydroxylation is 1. The van der Waals surface area contributed by atoms with Gasteiger partial charge >= 0.3 is 6.03 Å². The first-order chi connectivity index (χ1) is 12.0. The van der Waals surface area contributed by atoms with Crippen molar-refractivity contribution in [3.05, 3.63) is 29.8 Å². The molecule has 1 saturated heterocycles. The Bertz CT molecular complexity index is 773. The number of nitrogens with zero attached hydrogens (tertiary/aromatic N) is 2. The molecule has 1 aromatic carbocycles. The van der Waals surface area contributed by atoms with Gasteiger partial charge in [0, 0.05) is 6.21 Å². The second-order valence-electron chi connectivity index (χ2n) is 7.33. The van der Waals surface area contributed by atoms with E-state index in [1.807, 2.05) is 13.0 Å². The lowest BCUT2D eigenvalue weighted by Crippen LogP contribution is -2.58. The summed E-state index contributed by atoms with van der Waals surface area (Å²) in [6.07, 6.45) is 6.17. The van der Waals surface area contributed by atoms with E-state index < -0.39 is 23.8 Å². The monoisotopic (exact) mass is 339 g/mol. The van der Waals surface area contributed by atoms with Gasteiger partial charge in [-0.15, -0.1) is 0 Å². The Kier molecular flexibility index (Phi) is 3.90. The SMILES string of the molecule is Cc1cccc(N2C(=O)NC(=O)[C@H](C=N[C@@H]3C[C@H]4CC[C@H]3C4)C2=O)c1. The minimum absolute atomic E-state index is 0.212. The van der Waals surface area contributed by atoms with Crippen LogP contribution >= 0.6 is 0 Å². The first kappa shape index (κ1) is 16.0. The van der Waals surface area contributed by atoms with Crippen LogP contribution in [0.2, 0.25) is 0 Å². The lowest BCUT2D eigenvalue weighted by atomic mass is 9.95. The minimum atomic E-state index is -1.04. The number of carbonyl (C=O) groups is 3. The number of benzene rings is 1. The van der Waals surface area contributed by atoms with Crippen LogP contribution in [0.1, 0.15) is 31.2 Å². The number of hydrogen-bond donors (Lipinski definition) is 1. The van der Waals surface area contributed by atoms with Crippen molar-refractivity contribution >= 4 is 29.7 Å². The van der Waals surface area contributed by atoms with E-state index in [0.29, 0.717) is 11.6 Å². The van der Waals surface area contributed by atoms with Crippen molar-refractivity contribution in [1.29, 1.82) is 0 Å². The third-order valence-corrected chi connectivity index (χ3v) is 5.59. The topological polar surface area (TPSA) is 78.8 Å². The summed E-state index contributed by atoms with van der Waals surface area (Å²) in [6, 6.07) is 6.60. The summed E-state index contributed by atoms with van der Waals surface area (Å²) in [5.74, 6) is -0.847. The molecule has 1 aromatic rings. The summed E-state index contributed by atoms with van der Waals surface area (Å²) in [7, 11) is 0. The van der Waals surface area contributed by atoms with Gasteiger partial charge in [0.25, 0.3) is 5.91 Å². The van der Waals surface area contributed by atoms with Crippen molar-refractivity contribution in [3.63, 3.8) is 0 Å². The van der Waals surface area contributed by atoms with Crippen LogP contribution in [-0.2, 0) is 9.59 Å². The second-order valence-corrected chi connectivity index (χ2v) is 7.33. The molecular formula is C19H21N3O3. The summed E-state index contributed by atoms with van der Waals surface area (Å²) >= 11 is 0. The molecular weight excluding hydrogens is 318 g/mol. The van der Waals surface area contributed by atoms with Crippen LogP contribution in [0.5, 0.6) is 0 Å². The van der Waals surface area contributed by atoms with Crippen molar-refractivity contribution in [2.24, 2.45) is 22.7 Å². The number of fused-ring (bicyclic) bond motifs is 2. The van der Waals surface area contributed by atoms with Gasteiger partial charge in [-0.2, -0.15) is 0 Å². The zero-order chi connectivity index (χ0) is 17.6. The minimum Gasteiger partial charge on any atom is -0.293 e. The number of urea groups is 1. The number of hydrogen-bond acceptors (Lipinski definition) is 4. The fourth-order valence-corrected chi connectivity index (χ4v) is 4.32. The molecule has 6 heteroatoms. The van der Waals surface area contributed by atoms with E-state index in [-0.39, 0.29) is 6.04 Å². The predicted molar refractivity (Wildman–Crippen MR) is 93.4 cm³/mol. The molecule has 25 heavy (non-hydrogen) atoms. The van der Waals surface area contributed by atoms with Gasteiger partial charge in [-0.1, -0.05) is 18.6 Å². The van der Waals surface area contributed by atoms with E-state index in [9.17, 15) is 14.4 Å². The Labute approximate surface area is 146 Å². The van der Waals surface area contributed by atoms with Crippen LogP contribution < -0.4 is 10.2 Å². The first-order valence-electron chi connectivity index (χ1n) is 8.81. The van der Waals surface area contributed by atoms with Crippen LogP contribution in [0, 0.1) is 24.7 Å². The first-order valence-corrected chi connectivity index (χ1v) is 8.81. The smallest absolute Gasteiger partial charge is 0.293 e. The normalized spacial score (nSPS) is 31.9. The highest BCUT2D eigenvalue weighted by Gasteiger charge is 2.42. The van der Waals surface area contributed by atoms with Crippen molar-refractivity contribution < 1.29 is 14.4 Å². The molecule has 0 aromatic heterocycles. The predicted octanol–water partition coefficient (Wildman–Crippen LogP) is 2.45. The van der Waals surface area contributed by atoms with Crippen molar-refractivity contribution in [1.82, 2.24) is 5.32 Å². The molecule has 0 radical (unpaired) electrons. The number of anilines is 1. The molecule has 1 heterocycles. The van der Waals surface area contributed by atoms with Crippen molar-refractivity contribution in [2.75, 3.05) is 4.90 Å². The maximum atomic E-state index is 12.8. The molecule has 6 nitrogen and oxygen atoms in total. The number of carbonyl (C=O) groups excluding carboxylic acids is 3. The highest BCUT2D eigenvalue weighted by molar-refractivity contribution is 6.32. The van der Waals surface area contributed by atoms with Gasteiger partial charge < -0.3 is 0 Å². The van der Waals surface area contributed by atoms with Crippen LogP contribution in [0.3, 0.4) is 0 Å². The number of rotatable bonds is 3. The van der Waals surface area contributed by atoms with Gasteiger partial charge in [-0.05, 0) is 55.7 Å². The molecule has 2 saturated carbocycles. The third kappa shape index (κ3) is 2.86. The zero-order valence-corrected chi connectivity index (χ0v) is 14.1. The number of amides is 4. The Balaban J connectivity index is 1.56.